The summed E-state index contributed by atoms with van der Waals surface area (Å²) in [5, 5.41) is 2.62. The maximum Gasteiger partial charge on any atom is 0.304 e. The van der Waals surface area contributed by atoms with E-state index < -0.39 is 0 Å². The fourth-order valence-electron chi connectivity index (χ4n) is 1.29. The second kappa shape index (κ2) is 3.80. The highest BCUT2D eigenvalue weighted by Gasteiger charge is 2.05. The molecule has 1 heterocycles. The lowest BCUT2D eigenvalue weighted by Crippen LogP contribution is -2.13. The van der Waals surface area contributed by atoms with Crippen molar-refractivity contribution in [2.75, 3.05) is 11.9 Å². The van der Waals surface area contributed by atoms with E-state index >= 15 is 0 Å². The van der Waals surface area contributed by atoms with Crippen LogP contribution in [0.4, 0.5) is 5.69 Å². The van der Waals surface area contributed by atoms with Crippen LogP contribution in [0.15, 0.2) is 24.5 Å². The summed E-state index contributed by atoms with van der Waals surface area (Å²) in [4.78, 5) is 21.1. The predicted molar refractivity (Wildman–Crippen MR) is 56.2 cm³/mol. The molecule has 5 nitrogen and oxygen atoms in total. The SMILES string of the molecule is [C-]#[N+]CC(=O)Nc1ccc2nc[nH]c2c1. The first-order valence-electron chi connectivity index (χ1n) is 4.36. The van der Waals surface area contributed by atoms with Gasteiger partial charge in [0.25, 0.3) is 6.54 Å². The summed E-state index contributed by atoms with van der Waals surface area (Å²) in [5.74, 6) is -0.302. The molecule has 0 saturated heterocycles. The van der Waals surface area contributed by atoms with Gasteiger partial charge < -0.3 is 15.1 Å². The van der Waals surface area contributed by atoms with Gasteiger partial charge in [-0.05, 0) is 18.2 Å². The first-order valence-corrected chi connectivity index (χ1v) is 4.36. The topological polar surface area (TPSA) is 62.1 Å². The third-order valence-corrected chi connectivity index (χ3v) is 1.93. The summed E-state index contributed by atoms with van der Waals surface area (Å²) >= 11 is 0. The van der Waals surface area contributed by atoms with Crippen LogP contribution in [0.5, 0.6) is 0 Å². The number of nitrogens with zero attached hydrogens (tertiary/aromatic N) is 2. The number of imidazole rings is 1. The number of fused-ring (bicyclic) bond motifs is 1. The van der Waals surface area contributed by atoms with Gasteiger partial charge in [0, 0.05) is 5.69 Å². The molecule has 0 radical (unpaired) electrons. The molecule has 0 atom stereocenters. The van der Waals surface area contributed by atoms with Crippen LogP contribution in [-0.2, 0) is 4.79 Å². The van der Waals surface area contributed by atoms with Crippen molar-refractivity contribution in [2.45, 2.75) is 0 Å². The molecule has 0 unspecified atom stereocenters. The monoisotopic (exact) mass is 200 g/mol. The maximum atomic E-state index is 11.1. The Bertz CT molecular complexity index is 538. The molecule has 2 N–H and O–H groups in total. The minimum absolute atomic E-state index is 0.152. The highest BCUT2D eigenvalue weighted by molar-refractivity contribution is 5.94. The van der Waals surface area contributed by atoms with Crippen LogP contribution in [0, 0.1) is 6.57 Å². The van der Waals surface area contributed by atoms with E-state index in [1.54, 1.807) is 24.5 Å². The Balaban J connectivity index is 2.22. The van der Waals surface area contributed by atoms with Crippen molar-refractivity contribution in [1.29, 1.82) is 0 Å². The summed E-state index contributed by atoms with van der Waals surface area (Å²) < 4.78 is 0. The number of anilines is 1. The van der Waals surface area contributed by atoms with Crippen LogP contribution in [-0.4, -0.2) is 22.4 Å². The average Bonchev–Trinajstić information content (AvgIpc) is 2.65. The molecule has 1 aromatic heterocycles. The largest absolute Gasteiger partial charge is 0.345 e. The predicted octanol–water partition coefficient (Wildman–Crippen LogP) is 1.42. The smallest absolute Gasteiger partial charge is 0.304 e. The molecule has 1 aromatic carbocycles. The van der Waals surface area contributed by atoms with E-state index in [4.69, 9.17) is 6.57 Å². The molecule has 0 saturated carbocycles. The summed E-state index contributed by atoms with van der Waals surface area (Å²) in [6.45, 7) is 6.40. The van der Waals surface area contributed by atoms with E-state index in [9.17, 15) is 4.79 Å². The molecular weight excluding hydrogens is 192 g/mol. The molecule has 0 aliphatic carbocycles. The standard InChI is InChI=1S/C10H8N4O/c1-11-5-10(15)14-7-2-3-8-9(4-7)13-6-12-8/h2-4,6H,5H2,(H,12,13)(H,14,15). The lowest BCUT2D eigenvalue weighted by atomic mass is 10.3. The van der Waals surface area contributed by atoms with Crippen molar-refractivity contribution in [3.63, 3.8) is 0 Å². The van der Waals surface area contributed by atoms with E-state index in [1.807, 2.05) is 0 Å². The molecular formula is C10H8N4O. The van der Waals surface area contributed by atoms with Crippen LogP contribution in [0.3, 0.4) is 0 Å². The normalized spacial score (nSPS) is 9.80. The third-order valence-electron chi connectivity index (χ3n) is 1.93. The number of nitrogens with one attached hydrogen (secondary N) is 2. The lowest BCUT2D eigenvalue weighted by Gasteiger charge is -2.00. The molecule has 74 valence electrons. The van der Waals surface area contributed by atoms with Gasteiger partial charge in [-0.1, -0.05) is 0 Å². The van der Waals surface area contributed by atoms with Crippen LogP contribution in [0.25, 0.3) is 15.9 Å². The fraction of sp³-hybridized carbons (Fsp3) is 0.100. The van der Waals surface area contributed by atoms with Crippen molar-refractivity contribution >= 4 is 22.6 Å². The maximum absolute atomic E-state index is 11.1. The van der Waals surface area contributed by atoms with E-state index in [0.29, 0.717) is 5.69 Å². The molecule has 5 heteroatoms. The van der Waals surface area contributed by atoms with E-state index in [2.05, 4.69) is 20.1 Å². The van der Waals surface area contributed by atoms with Gasteiger partial charge in [-0.15, -0.1) is 0 Å². The number of amides is 1. The lowest BCUT2D eigenvalue weighted by molar-refractivity contribution is -0.114. The Morgan fingerprint density at radius 3 is 3.27 bits per heavy atom. The Kier molecular flexibility index (Phi) is 2.33. The number of hydrogen-bond donors (Lipinski definition) is 2. The van der Waals surface area contributed by atoms with Gasteiger partial charge in [0.2, 0.25) is 0 Å². The first-order chi connectivity index (χ1) is 7.29. The summed E-state index contributed by atoms with van der Waals surface area (Å²) in [6.07, 6.45) is 1.59. The molecule has 0 bridgehead atoms. The summed E-state index contributed by atoms with van der Waals surface area (Å²) in [6, 6.07) is 5.34. The second-order valence-electron chi connectivity index (χ2n) is 3.00. The van der Waals surface area contributed by atoms with Crippen molar-refractivity contribution < 1.29 is 4.79 Å². The molecule has 0 fully saturated rings. The Morgan fingerprint density at radius 2 is 2.47 bits per heavy atom. The van der Waals surface area contributed by atoms with Gasteiger partial charge in [0.1, 0.15) is 0 Å². The summed E-state index contributed by atoms with van der Waals surface area (Å²) in [5.41, 5.74) is 2.37. The minimum atomic E-state index is -0.302. The molecule has 0 spiro atoms. The summed E-state index contributed by atoms with van der Waals surface area (Å²) in [7, 11) is 0. The number of aromatic amines is 1. The Labute approximate surface area is 86.0 Å². The fourth-order valence-corrected chi connectivity index (χ4v) is 1.29. The average molecular weight is 200 g/mol. The molecule has 2 aromatic rings. The minimum Gasteiger partial charge on any atom is -0.345 e. The van der Waals surface area contributed by atoms with Crippen molar-refractivity contribution in [1.82, 2.24) is 9.97 Å². The number of benzene rings is 1. The Hall–Kier alpha value is -2.35. The number of rotatable bonds is 2. The van der Waals surface area contributed by atoms with Crippen molar-refractivity contribution in [2.24, 2.45) is 0 Å². The van der Waals surface area contributed by atoms with Crippen LogP contribution in [0.2, 0.25) is 0 Å². The number of carbonyl (C=O) groups is 1. The Morgan fingerprint density at radius 1 is 1.60 bits per heavy atom. The van der Waals surface area contributed by atoms with Crippen LogP contribution >= 0.6 is 0 Å². The van der Waals surface area contributed by atoms with Gasteiger partial charge in [0.05, 0.1) is 17.4 Å². The van der Waals surface area contributed by atoms with Crippen molar-refractivity contribution in [3.8, 4) is 0 Å². The van der Waals surface area contributed by atoms with Crippen LogP contribution in [0.1, 0.15) is 0 Å². The molecule has 0 aliphatic rings. The van der Waals surface area contributed by atoms with Gasteiger partial charge >= 0.3 is 5.91 Å². The third kappa shape index (κ3) is 1.94. The van der Waals surface area contributed by atoms with Crippen molar-refractivity contribution in [3.05, 3.63) is 35.9 Å². The van der Waals surface area contributed by atoms with Gasteiger partial charge in [-0.3, -0.25) is 4.79 Å². The van der Waals surface area contributed by atoms with E-state index in [-0.39, 0.29) is 12.5 Å². The zero-order valence-electron chi connectivity index (χ0n) is 7.82. The zero-order valence-corrected chi connectivity index (χ0v) is 7.82. The van der Waals surface area contributed by atoms with Crippen LogP contribution < -0.4 is 5.32 Å². The molecule has 0 aliphatic heterocycles. The van der Waals surface area contributed by atoms with E-state index in [0.717, 1.165) is 11.0 Å². The highest BCUT2D eigenvalue weighted by atomic mass is 16.1. The van der Waals surface area contributed by atoms with Gasteiger partial charge in [-0.25, -0.2) is 11.6 Å². The first kappa shape index (κ1) is 9.21. The quantitative estimate of drug-likeness (QED) is 0.720. The molecule has 1 amide bonds. The molecule has 15 heavy (non-hydrogen) atoms. The van der Waals surface area contributed by atoms with E-state index in [1.165, 1.54) is 0 Å². The number of carbonyl (C=O) groups excluding carboxylic acids is 1. The van der Waals surface area contributed by atoms with Gasteiger partial charge in [0.15, 0.2) is 0 Å². The highest BCUT2D eigenvalue weighted by Crippen LogP contribution is 2.15. The number of aromatic nitrogens is 2. The van der Waals surface area contributed by atoms with Gasteiger partial charge in [-0.2, -0.15) is 0 Å². The number of hydrogen-bond acceptors (Lipinski definition) is 2. The molecule has 2 rings (SSSR count). The zero-order chi connectivity index (χ0) is 10.7. The number of H-pyrrole nitrogens is 1. The second-order valence-corrected chi connectivity index (χ2v) is 3.00.